The molecule has 2 aromatic rings. The largest absolute Gasteiger partial charge is 0.466 e. The van der Waals surface area contributed by atoms with Gasteiger partial charge in [-0.1, -0.05) is 18.2 Å². The number of carbonyl (C=O) groups excluding carboxylic acids is 1. The van der Waals surface area contributed by atoms with Crippen LogP contribution >= 0.6 is 0 Å². The smallest absolute Gasteiger partial charge is 0.311 e. The summed E-state index contributed by atoms with van der Waals surface area (Å²) in [5.41, 5.74) is 2.46. The Balaban J connectivity index is 1.91. The maximum atomic E-state index is 11.7. The van der Waals surface area contributed by atoms with Crippen LogP contribution < -0.4 is 0 Å². The summed E-state index contributed by atoms with van der Waals surface area (Å²) in [6.07, 6.45) is 0.799. The van der Waals surface area contributed by atoms with Crippen LogP contribution in [-0.2, 0) is 22.5 Å². The fraction of sp³-hybridized carbons (Fsp3) is 0.357. The minimum Gasteiger partial charge on any atom is -0.466 e. The molecule has 3 heteroatoms. The van der Waals surface area contributed by atoms with Crippen molar-refractivity contribution >= 4 is 16.9 Å². The molecule has 1 unspecified atom stereocenters. The number of benzene rings is 1. The third kappa shape index (κ3) is 1.62. The van der Waals surface area contributed by atoms with Crippen LogP contribution in [0.3, 0.4) is 0 Å². The summed E-state index contributed by atoms with van der Waals surface area (Å²) in [7, 11) is 0. The molecule has 0 saturated heterocycles. The van der Waals surface area contributed by atoms with Crippen LogP contribution in [0.5, 0.6) is 0 Å². The van der Waals surface area contributed by atoms with Gasteiger partial charge in [0.1, 0.15) is 0 Å². The van der Waals surface area contributed by atoms with E-state index < -0.39 is 0 Å². The predicted octanol–water partition coefficient (Wildman–Crippen LogP) is 2.38. The molecule has 1 aromatic heterocycles. The Hall–Kier alpha value is -1.77. The van der Waals surface area contributed by atoms with Crippen LogP contribution in [0.2, 0.25) is 0 Å². The molecule has 88 valence electrons. The van der Waals surface area contributed by atoms with E-state index in [1.807, 2.05) is 19.1 Å². The number of ether oxygens (including phenoxy) is 1. The molecule has 0 N–H and O–H groups in total. The van der Waals surface area contributed by atoms with Crippen LogP contribution in [0.4, 0.5) is 0 Å². The van der Waals surface area contributed by atoms with E-state index in [2.05, 4.69) is 22.8 Å². The van der Waals surface area contributed by atoms with Gasteiger partial charge in [0.25, 0.3) is 0 Å². The number of fused-ring (bicyclic) bond motifs is 3. The normalized spacial score (nSPS) is 18.3. The number of hydrogen-bond donors (Lipinski definition) is 0. The van der Waals surface area contributed by atoms with E-state index >= 15 is 0 Å². The summed E-state index contributed by atoms with van der Waals surface area (Å²) in [4.78, 5) is 11.7. The van der Waals surface area contributed by atoms with Gasteiger partial charge < -0.3 is 9.30 Å². The zero-order chi connectivity index (χ0) is 11.8. The van der Waals surface area contributed by atoms with Gasteiger partial charge in [0.05, 0.1) is 12.5 Å². The summed E-state index contributed by atoms with van der Waals surface area (Å²) in [5, 5.41) is 1.25. The molecule has 3 rings (SSSR count). The lowest BCUT2D eigenvalue weighted by atomic mass is 10.1. The standard InChI is InChI=1S/C14H15NO2/c1-2-17-14(16)11-8-12-7-10-5-3-4-6-13(10)15(12)9-11/h3-7,11H,2,8-9H2,1H3. The molecule has 1 aliphatic heterocycles. The highest BCUT2D eigenvalue weighted by atomic mass is 16.5. The lowest BCUT2D eigenvalue weighted by Gasteiger charge is -2.08. The van der Waals surface area contributed by atoms with E-state index in [4.69, 9.17) is 4.74 Å². The zero-order valence-electron chi connectivity index (χ0n) is 9.85. The average molecular weight is 229 g/mol. The topological polar surface area (TPSA) is 31.2 Å². The van der Waals surface area contributed by atoms with Crippen LogP contribution in [0.25, 0.3) is 10.9 Å². The van der Waals surface area contributed by atoms with Crippen molar-refractivity contribution in [3.63, 3.8) is 0 Å². The van der Waals surface area contributed by atoms with E-state index in [-0.39, 0.29) is 11.9 Å². The van der Waals surface area contributed by atoms with Crippen molar-refractivity contribution in [1.82, 2.24) is 4.57 Å². The van der Waals surface area contributed by atoms with Gasteiger partial charge in [0.15, 0.2) is 0 Å². The molecule has 0 amide bonds. The van der Waals surface area contributed by atoms with Gasteiger partial charge in [-0.3, -0.25) is 4.79 Å². The van der Waals surface area contributed by atoms with Crippen molar-refractivity contribution in [2.24, 2.45) is 5.92 Å². The summed E-state index contributed by atoms with van der Waals surface area (Å²) in [5.74, 6) is -0.0742. The van der Waals surface area contributed by atoms with E-state index in [1.54, 1.807) is 0 Å². The fourth-order valence-corrected chi connectivity index (χ4v) is 2.61. The monoisotopic (exact) mass is 229 g/mol. The average Bonchev–Trinajstić information content (AvgIpc) is 2.86. The van der Waals surface area contributed by atoms with Gasteiger partial charge in [0, 0.05) is 24.2 Å². The molecule has 0 saturated carbocycles. The molecule has 17 heavy (non-hydrogen) atoms. The first-order chi connectivity index (χ1) is 8.29. The summed E-state index contributed by atoms with van der Waals surface area (Å²) in [6.45, 7) is 3.06. The Kier molecular flexibility index (Phi) is 2.39. The molecule has 0 fully saturated rings. The SMILES string of the molecule is CCOC(=O)C1Cc2cc3ccccc3n2C1. The van der Waals surface area contributed by atoms with E-state index in [1.165, 1.54) is 16.6 Å². The molecule has 1 aromatic carbocycles. The Morgan fingerprint density at radius 3 is 3.12 bits per heavy atom. The number of nitrogens with zero attached hydrogens (tertiary/aromatic N) is 1. The highest BCUT2D eigenvalue weighted by Gasteiger charge is 2.29. The Morgan fingerprint density at radius 1 is 1.47 bits per heavy atom. The molecule has 2 heterocycles. The Bertz CT molecular complexity index is 571. The molecule has 3 nitrogen and oxygen atoms in total. The predicted molar refractivity (Wildman–Crippen MR) is 65.8 cm³/mol. The second-order valence-corrected chi connectivity index (χ2v) is 4.46. The van der Waals surface area contributed by atoms with E-state index in [0.717, 1.165) is 13.0 Å². The van der Waals surface area contributed by atoms with Gasteiger partial charge in [-0.15, -0.1) is 0 Å². The maximum absolute atomic E-state index is 11.7. The van der Waals surface area contributed by atoms with Gasteiger partial charge in [-0.25, -0.2) is 0 Å². The number of hydrogen-bond acceptors (Lipinski definition) is 2. The molecule has 0 spiro atoms. The van der Waals surface area contributed by atoms with Gasteiger partial charge in [0.2, 0.25) is 0 Å². The van der Waals surface area contributed by atoms with Crippen LogP contribution in [0, 0.1) is 5.92 Å². The Labute approximate surface area is 100.0 Å². The van der Waals surface area contributed by atoms with Crippen molar-refractivity contribution in [2.75, 3.05) is 6.61 Å². The van der Waals surface area contributed by atoms with Crippen molar-refractivity contribution in [2.45, 2.75) is 19.9 Å². The second-order valence-electron chi connectivity index (χ2n) is 4.46. The van der Waals surface area contributed by atoms with Crippen LogP contribution in [0.15, 0.2) is 30.3 Å². The maximum Gasteiger partial charge on any atom is 0.311 e. The third-order valence-corrected chi connectivity index (χ3v) is 3.37. The number of para-hydroxylation sites is 1. The Morgan fingerprint density at radius 2 is 2.29 bits per heavy atom. The molecule has 0 bridgehead atoms. The molecule has 0 aliphatic carbocycles. The summed E-state index contributed by atoms with van der Waals surface area (Å²) in [6, 6.07) is 10.5. The summed E-state index contributed by atoms with van der Waals surface area (Å²) >= 11 is 0. The number of carbonyl (C=O) groups is 1. The minimum atomic E-state index is -0.0692. The van der Waals surface area contributed by atoms with Crippen molar-refractivity contribution in [1.29, 1.82) is 0 Å². The van der Waals surface area contributed by atoms with Gasteiger partial charge in [-0.05, 0) is 24.4 Å². The van der Waals surface area contributed by atoms with Crippen molar-refractivity contribution < 1.29 is 9.53 Å². The third-order valence-electron chi connectivity index (χ3n) is 3.37. The van der Waals surface area contributed by atoms with Gasteiger partial charge in [-0.2, -0.15) is 0 Å². The molecule has 1 atom stereocenters. The number of esters is 1. The zero-order valence-corrected chi connectivity index (χ0v) is 9.85. The first-order valence-electron chi connectivity index (χ1n) is 6.03. The fourth-order valence-electron chi connectivity index (χ4n) is 2.61. The van der Waals surface area contributed by atoms with E-state index in [9.17, 15) is 4.79 Å². The van der Waals surface area contributed by atoms with Crippen molar-refractivity contribution in [3.8, 4) is 0 Å². The van der Waals surface area contributed by atoms with Crippen LogP contribution in [0.1, 0.15) is 12.6 Å². The quantitative estimate of drug-likeness (QED) is 0.740. The molecular formula is C14H15NO2. The highest BCUT2D eigenvalue weighted by molar-refractivity contribution is 5.83. The highest BCUT2D eigenvalue weighted by Crippen LogP contribution is 2.29. The number of aromatic nitrogens is 1. The second kappa shape index (κ2) is 3.91. The lowest BCUT2D eigenvalue weighted by molar-refractivity contribution is -0.147. The van der Waals surface area contributed by atoms with Gasteiger partial charge >= 0.3 is 5.97 Å². The minimum absolute atomic E-state index is 0.00504. The first-order valence-corrected chi connectivity index (χ1v) is 6.03. The summed E-state index contributed by atoms with van der Waals surface area (Å²) < 4.78 is 7.32. The molecule has 1 aliphatic rings. The van der Waals surface area contributed by atoms with Crippen molar-refractivity contribution in [3.05, 3.63) is 36.0 Å². The molecular weight excluding hydrogens is 214 g/mol. The first kappa shape index (κ1) is 10.4. The van der Waals surface area contributed by atoms with Crippen LogP contribution in [-0.4, -0.2) is 17.1 Å². The number of rotatable bonds is 2. The lowest BCUT2D eigenvalue weighted by Crippen LogP contribution is -2.18. The molecule has 0 radical (unpaired) electrons. The van der Waals surface area contributed by atoms with E-state index in [0.29, 0.717) is 6.61 Å².